The van der Waals surface area contributed by atoms with Crippen molar-refractivity contribution in [2.45, 2.75) is 45.6 Å². The number of H-pyrrole nitrogens is 1. The van der Waals surface area contributed by atoms with Gasteiger partial charge in [-0.25, -0.2) is 0 Å². The van der Waals surface area contributed by atoms with E-state index >= 15 is 0 Å². The summed E-state index contributed by atoms with van der Waals surface area (Å²) in [5.41, 5.74) is 5.36. The molecule has 0 radical (unpaired) electrons. The molecule has 43 heavy (non-hydrogen) atoms. The lowest BCUT2D eigenvalue weighted by Gasteiger charge is -2.38. The minimum absolute atomic E-state index is 0.00851. The molecule has 1 unspecified atom stereocenters. The molecule has 2 amide bonds. The predicted molar refractivity (Wildman–Crippen MR) is 164 cm³/mol. The van der Waals surface area contributed by atoms with Gasteiger partial charge in [-0.2, -0.15) is 0 Å². The third kappa shape index (κ3) is 6.18. The van der Waals surface area contributed by atoms with E-state index in [0.717, 1.165) is 33.5 Å². The third-order valence-electron chi connectivity index (χ3n) is 8.22. The molecule has 4 aromatic rings. The van der Waals surface area contributed by atoms with Gasteiger partial charge in [-0.1, -0.05) is 30.3 Å². The van der Waals surface area contributed by atoms with E-state index in [4.69, 9.17) is 9.47 Å². The number of hydrogen-bond donors (Lipinski definition) is 2. The number of ether oxygens (including phenoxy) is 2. The maximum Gasteiger partial charge on any atom is 0.261 e. The molecule has 3 aromatic carbocycles. The van der Waals surface area contributed by atoms with Gasteiger partial charge in [0.2, 0.25) is 5.91 Å². The van der Waals surface area contributed by atoms with Crippen molar-refractivity contribution in [1.82, 2.24) is 15.2 Å². The number of aromatic nitrogens is 1. The van der Waals surface area contributed by atoms with E-state index < -0.39 is 6.04 Å². The molecule has 0 aliphatic carbocycles. The van der Waals surface area contributed by atoms with Crippen molar-refractivity contribution in [3.63, 3.8) is 0 Å². The van der Waals surface area contributed by atoms with E-state index in [1.54, 1.807) is 11.0 Å². The summed E-state index contributed by atoms with van der Waals surface area (Å²) in [5.74, 6) is 1.79. The number of aromatic amines is 1. The van der Waals surface area contributed by atoms with E-state index in [-0.39, 0.29) is 22.9 Å². The lowest BCUT2D eigenvalue weighted by Crippen LogP contribution is -2.42. The molecular formula is C35H35N3O5. The molecule has 2 N–H and O–H groups in total. The van der Waals surface area contributed by atoms with Crippen molar-refractivity contribution < 1.29 is 19.1 Å². The molecule has 1 atom stereocenters. The van der Waals surface area contributed by atoms with Crippen molar-refractivity contribution >= 4 is 11.8 Å². The maximum absolute atomic E-state index is 14.0. The maximum atomic E-state index is 14.0. The quantitative estimate of drug-likeness (QED) is 0.315. The van der Waals surface area contributed by atoms with Gasteiger partial charge in [0.1, 0.15) is 22.8 Å². The number of amides is 2. The van der Waals surface area contributed by atoms with Gasteiger partial charge in [-0.15, -0.1) is 0 Å². The molecule has 8 bridgehead atoms. The van der Waals surface area contributed by atoms with E-state index in [9.17, 15) is 14.4 Å². The number of carbonyl (C=O) groups excluding carboxylic acids is 2. The molecule has 8 nitrogen and oxygen atoms in total. The number of benzene rings is 3. The largest absolute Gasteiger partial charge is 0.494 e. The average Bonchev–Trinajstić information content (AvgIpc) is 3.01. The standard InChI is InChI=1S/C35H35N3O5/c1-22-19-31(34(40)37-23(22)2)35(41)38-17-15-25-20-29-12-13-30(25)33(38)26-5-3-6-28(21-26)42-18-4-16-36-32(39)14-9-24-7-10-27(43-29)11-8-24/h3,5-8,10-13,19-21,33H,4,9,14-18H2,1-2H3,(H,36,39)(H,37,40). The van der Waals surface area contributed by atoms with Crippen LogP contribution in [0, 0.1) is 13.8 Å². The number of rotatable bonds is 1. The summed E-state index contributed by atoms with van der Waals surface area (Å²) in [5, 5.41) is 2.97. The van der Waals surface area contributed by atoms with Gasteiger partial charge < -0.3 is 24.7 Å². The summed E-state index contributed by atoms with van der Waals surface area (Å²) < 4.78 is 12.3. The van der Waals surface area contributed by atoms with Gasteiger partial charge in [0, 0.05) is 25.2 Å². The summed E-state index contributed by atoms with van der Waals surface area (Å²) in [6.07, 6.45) is 2.35. The van der Waals surface area contributed by atoms with Crippen LogP contribution in [0.4, 0.5) is 0 Å². The molecule has 0 spiro atoms. The van der Waals surface area contributed by atoms with E-state index in [1.165, 1.54) is 0 Å². The molecule has 8 heteroatoms. The second-order valence-corrected chi connectivity index (χ2v) is 11.2. The number of pyridine rings is 1. The Morgan fingerprint density at radius 3 is 2.53 bits per heavy atom. The number of nitrogens with one attached hydrogen (secondary N) is 2. The van der Waals surface area contributed by atoms with Gasteiger partial charge in [-0.3, -0.25) is 14.4 Å². The highest BCUT2D eigenvalue weighted by Gasteiger charge is 2.34. The van der Waals surface area contributed by atoms with E-state index in [1.807, 2.05) is 80.6 Å². The molecule has 5 aliphatic rings. The zero-order valence-corrected chi connectivity index (χ0v) is 24.4. The Hall–Kier alpha value is -4.85. The van der Waals surface area contributed by atoms with Crippen LogP contribution in [0.25, 0.3) is 0 Å². The molecule has 9 rings (SSSR count). The first-order valence-corrected chi connectivity index (χ1v) is 14.8. The third-order valence-corrected chi connectivity index (χ3v) is 8.22. The van der Waals surface area contributed by atoms with Gasteiger partial charge in [0.15, 0.2) is 0 Å². The highest BCUT2D eigenvalue weighted by atomic mass is 16.5. The van der Waals surface area contributed by atoms with Crippen LogP contribution in [-0.2, 0) is 17.6 Å². The molecule has 0 fully saturated rings. The minimum Gasteiger partial charge on any atom is -0.494 e. The molecule has 6 heterocycles. The normalized spacial score (nSPS) is 16.9. The van der Waals surface area contributed by atoms with E-state index in [2.05, 4.69) is 10.3 Å². The Morgan fingerprint density at radius 2 is 1.70 bits per heavy atom. The fourth-order valence-corrected chi connectivity index (χ4v) is 5.76. The van der Waals surface area contributed by atoms with Gasteiger partial charge in [-0.05, 0) is 103 Å². The van der Waals surface area contributed by atoms with Crippen LogP contribution in [-0.4, -0.2) is 41.4 Å². The zero-order chi connectivity index (χ0) is 29.9. The molecule has 0 saturated carbocycles. The van der Waals surface area contributed by atoms with Crippen LogP contribution in [0.1, 0.15) is 62.8 Å². The van der Waals surface area contributed by atoms with Crippen molar-refractivity contribution in [2.24, 2.45) is 0 Å². The second kappa shape index (κ2) is 12.2. The van der Waals surface area contributed by atoms with Crippen LogP contribution in [0.15, 0.2) is 77.6 Å². The predicted octanol–water partition coefficient (Wildman–Crippen LogP) is 5.40. The van der Waals surface area contributed by atoms with Gasteiger partial charge in [0.05, 0.1) is 12.6 Å². The average molecular weight is 578 g/mol. The Kier molecular flexibility index (Phi) is 8.01. The summed E-state index contributed by atoms with van der Waals surface area (Å²) in [6, 6.07) is 22.8. The molecule has 0 saturated heterocycles. The fourth-order valence-electron chi connectivity index (χ4n) is 5.76. The van der Waals surface area contributed by atoms with Crippen molar-refractivity contribution in [3.05, 3.63) is 122 Å². The number of nitrogens with zero attached hydrogens (tertiary/aromatic N) is 1. The van der Waals surface area contributed by atoms with Crippen molar-refractivity contribution in [2.75, 3.05) is 19.7 Å². The second-order valence-electron chi connectivity index (χ2n) is 11.2. The van der Waals surface area contributed by atoms with Crippen LogP contribution in [0.3, 0.4) is 0 Å². The molecule has 220 valence electrons. The summed E-state index contributed by atoms with van der Waals surface area (Å²) >= 11 is 0. The zero-order valence-electron chi connectivity index (χ0n) is 24.4. The summed E-state index contributed by atoms with van der Waals surface area (Å²) in [6.45, 7) is 5.11. The Balaban J connectivity index is 1.40. The van der Waals surface area contributed by atoms with Crippen LogP contribution in [0.2, 0.25) is 0 Å². The van der Waals surface area contributed by atoms with Crippen molar-refractivity contribution in [3.8, 4) is 17.2 Å². The highest BCUT2D eigenvalue weighted by molar-refractivity contribution is 5.95. The number of aryl methyl sites for hydroxylation is 3. The molecular weight excluding hydrogens is 542 g/mol. The lowest BCUT2D eigenvalue weighted by molar-refractivity contribution is -0.121. The van der Waals surface area contributed by atoms with Crippen molar-refractivity contribution in [1.29, 1.82) is 0 Å². The Bertz CT molecular complexity index is 1730. The smallest absolute Gasteiger partial charge is 0.261 e. The number of hydrogen-bond acceptors (Lipinski definition) is 5. The topological polar surface area (TPSA) is 101 Å². The number of carbonyl (C=O) groups is 2. The summed E-state index contributed by atoms with van der Waals surface area (Å²) in [7, 11) is 0. The highest BCUT2D eigenvalue weighted by Crippen LogP contribution is 2.39. The van der Waals surface area contributed by atoms with E-state index in [0.29, 0.717) is 62.6 Å². The SMILES string of the molecule is Cc1cc(C(=O)N2CCc3cc4ccc3C2c2cccc(c2)OCCCNC(=O)CCc2ccc(cc2)O4)c(=O)[nH]c1C. The molecule has 5 aliphatic heterocycles. The van der Waals surface area contributed by atoms with Crippen LogP contribution in [0.5, 0.6) is 17.2 Å². The first-order valence-electron chi connectivity index (χ1n) is 14.8. The lowest BCUT2D eigenvalue weighted by atomic mass is 9.87. The van der Waals surface area contributed by atoms with Crippen LogP contribution < -0.4 is 20.3 Å². The first-order chi connectivity index (χ1) is 20.9. The van der Waals surface area contributed by atoms with Gasteiger partial charge >= 0.3 is 0 Å². The molecule has 1 aromatic heterocycles. The Labute approximate surface area is 250 Å². The minimum atomic E-state index is -0.428. The Morgan fingerprint density at radius 1 is 0.884 bits per heavy atom. The first kappa shape index (κ1) is 28.3. The van der Waals surface area contributed by atoms with Crippen LogP contribution >= 0.6 is 0 Å². The summed E-state index contributed by atoms with van der Waals surface area (Å²) in [4.78, 5) is 43.9. The van der Waals surface area contributed by atoms with Gasteiger partial charge in [0.25, 0.3) is 11.5 Å². The fraction of sp³-hybridized carbons (Fsp3) is 0.286. The monoisotopic (exact) mass is 577 g/mol.